The molecular formula is C21H26N6O. The highest BCUT2D eigenvalue weighted by molar-refractivity contribution is 5.51. The van der Waals surface area contributed by atoms with Crippen molar-refractivity contribution in [3.8, 4) is 11.4 Å². The summed E-state index contributed by atoms with van der Waals surface area (Å²) in [5, 5.41) is 4.08. The summed E-state index contributed by atoms with van der Waals surface area (Å²) >= 11 is 0. The first kappa shape index (κ1) is 18.7. The zero-order valence-corrected chi connectivity index (χ0v) is 16.2. The van der Waals surface area contributed by atoms with Crippen molar-refractivity contribution >= 4 is 0 Å². The van der Waals surface area contributed by atoms with E-state index in [1.807, 2.05) is 24.5 Å². The highest BCUT2D eigenvalue weighted by Crippen LogP contribution is 2.19. The van der Waals surface area contributed by atoms with Crippen LogP contribution in [0.15, 0.2) is 53.6 Å². The first-order chi connectivity index (χ1) is 13.8. The van der Waals surface area contributed by atoms with Gasteiger partial charge in [0.2, 0.25) is 11.7 Å². The van der Waals surface area contributed by atoms with E-state index in [2.05, 4.69) is 49.1 Å². The fourth-order valence-electron chi connectivity index (χ4n) is 3.69. The van der Waals surface area contributed by atoms with Crippen molar-refractivity contribution < 1.29 is 4.52 Å². The number of piperidine rings is 1. The molecule has 1 aliphatic heterocycles. The molecule has 146 valence electrons. The van der Waals surface area contributed by atoms with Gasteiger partial charge in [-0.15, -0.1) is 0 Å². The summed E-state index contributed by atoms with van der Waals surface area (Å²) < 4.78 is 5.44. The minimum absolute atomic E-state index is 0.547. The molecule has 7 heteroatoms. The lowest BCUT2D eigenvalue weighted by molar-refractivity contribution is 0.115. The number of nitrogens with zero attached hydrogens (tertiary/aromatic N) is 6. The number of pyridine rings is 2. The van der Waals surface area contributed by atoms with Crippen LogP contribution in [-0.2, 0) is 13.0 Å². The Morgan fingerprint density at radius 3 is 2.68 bits per heavy atom. The first-order valence-electron chi connectivity index (χ1n) is 9.82. The molecule has 4 rings (SSSR count). The summed E-state index contributed by atoms with van der Waals surface area (Å²) in [4.78, 5) is 17.6. The molecule has 0 amide bonds. The minimum atomic E-state index is 0.547. The van der Waals surface area contributed by atoms with E-state index in [0.717, 1.165) is 44.5 Å². The van der Waals surface area contributed by atoms with Gasteiger partial charge in [0.05, 0.1) is 6.54 Å². The Labute approximate surface area is 165 Å². The molecule has 0 unspecified atom stereocenters. The second-order valence-electron chi connectivity index (χ2n) is 7.35. The van der Waals surface area contributed by atoms with Gasteiger partial charge in [0.1, 0.15) is 0 Å². The normalized spacial score (nSPS) is 15.9. The number of likely N-dealkylation sites (tertiary alicyclic amines) is 1. The van der Waals surface area contributed by atoms with E-state index < -0.39 is 0 Å². The van der Waals surface area contributed by atoms with Crippen molar-refractivity contribution in [2.24, 2.45) is 0 Å². The molecule has 28 heavy (non-hydrogen) atoms. The van der Waals surface area contributed by atoms with E-state index in [4.69, 9.17) is 4.52 Å². The van der Waals surface area contributed by atoms with Crippen molar-refractivity contribution in [3.63, 3.8) is 0 Å². The van der Waals surface area contributed by atoms with Crippen LogP contribution in [0.5, 0.6) is 0 Å². The van der Waals surface area contributed by atoms with E-state index in [1.54, 1.807) is 12.4 Å². The van der Waals surface area contributed by atoms with Gasteiger partial charge in [-0.3, -0.25) is 14.9 Å². The highest BCUT2D eigenvalue weighted by atomic mass is 16.5. The Morgan fingerprint density at radius 1 is 1.11 bits per heavy atom. The Bertz CT molecular complexity index is 846. The fourth-order valence-corrected chi connectivity index (χ4v) is 3.69. The van der Waals surface area contributed by atoms with Gasteiger partial charge in [0.15, 0.2) is 0 Å². The monoisotopic (exact) mass is 378 g/mol. The smallest absolute Gasteiger partial charge is 0.241 e. The number of hydrogen-bond acceptors (Lipinski definition) is 7. The zero-order chi connectivity index (χ0) is 19.2. The Morgan fingerprint density at radius 2 is 1.93 bits per heavy atom. The zero-order valence-electron chi connectivity index (χ0n) is 16.2. The molecule has 0 atom stereocenters. The maximum atomic E-state index is 5.44. The van der Waals surface area contributed by atoms with Crippen molar-refractivity contribution in [2.45, 2.75) is 31.8 Å². The summed E-state index contributed by atoms with van der Waals surface area (Å²) in [7, 11) is 2.14. The van der Waals surface area contributed by atoms with Crippen LogP contribution >= 0.6 is 0 Å². The fraction of sp³-hybridized carbons (Fsp3) is 0.429. The van der Waals surface area contributed by atoms with Gasteiger partial charge >= 0.3 is 0 Å². The Kier molecular flexibility index (Phi) is 6.04. The molecule has 0 saturated carbocycles. The molecule has 1 saturated heterocycles. The van der Waals surface area contributed by atoms with Crippen LogP contribution in [-0.4, -0.2) is 62.6 Å². The van der Waals surface area contributed by atoms with Crippen molar-refractivity contribution in [1.82, 2.24) is 29.9 Å². The molecule has 0 spiro atoms. The number of aromatic nitrogens is 4. The summed E-state index contributed by atoms with van der Waals surface area (Å²) in [6, 6.07) is 8.56. The lowest BCUT2D eigenvalue weighted by Gasteiger charge is -2.36. The topological polar surface area (TPSA) is 71.2 Å². The second kappa shape index (κ2) is 9.03. The SMILES string of the molecule is CN(Cc1nc(-c2cccnc2)no1)C1CCN(CCc2ccncc2)CC1. The van der Waals surface area contributed by atoms with Gasteiger partial charge in [-0.2, -0.15) is 4.98 Å². The molecule has 3 aromatic rings. The Balaban J connectivity index is 1.24. The van der Waals surface area contributed by atoms with Crippen LogP contribution in [0.1, 0.15) is 24.3 Å². The predicted octanol–water partition coefficient (Wildman–Crippen LogP) is 2.67. The van der Waals surface area contributed by atoms with Crippen molar-refractivity contribution in [1.29, 1.82) is 0 Å². The molecule has 0 radical (unpaired) electrons. The maximum Gasteiger partial charge on any atom is 0.241 e. The molecule has 0 aliphatic carbocycles. The number of hydrogen-bond donors (Lipinski definition) is 0. The third-order valence-electron chi connectivity index (χ3n) is 5.42. The molecule has 0 bridgehead atoms. The van der Waals surface area contributed by atoms with E-state index in [-0.39, 0.29) is 0 Å². The third-order valence-corrected chi connectivity index (χ3v) is 5.42. The van der Waals surface area contributed by atoms with Gasteiger partial charge in [-0.1, -0.05) is 5.16 Å². The first-order valence-corrected chi connectivity index (χ1v) is 9.82. The molecule has 1 fully saturated rings. The third kappa shape index (κ3) is 4.79. The van der Waals surface area contributed by atoms with Gasteiger partial charge in [-0.25, -0.2) is 0 Å². The van der Waals surface area contributed by atoms with Crippen LogP contribution in [0.4, 0.5) is 0 Å². The summed E-state index contributed by atoms with van der Waals surface area (Å²) in [5.41, 5.74) is 2.23. The maximum absolute atomic E-state index is 5.44. The Hall–Kier alpha value is -2.64. The van der Waals surface area contributed by atoms with Crippen LogP contribution in [0, 0.1) is 0 Å². The molecule has 3 aromatic heterocycles. The lowest BCUT2D eigenvalue weighted by atomic mass is 10.0. The highest BCUT2D eigenvalue weighted by Gasteiger charge is 2.23. The quantitative estimate of drug-likeness (QED) is 0.626. The van der Waals surface area contributed by atoms with Crippen LogP contribution in [0.25, 0.3) is 11.4 Å². The average Bonchev–Trinajstić information content (AvgIpc) is 3.22. The van der Waals surface area contributed by atoms with Crippen LogP contribution in [0.3, 0.4) is 0 Å². The largest absolute Gasteiger partial charge is 0.338 e. The van der Waals surface area contributed by atoms with Gasteiger partial charge in [0.25, 0.3) is 0 Å². The molecular weight excluding hydrogens is 352 g/mol. The van der Waals surface area contributed by atoms with E-state index >= 15 is 0 Å². The van der Waals surface area contributed by atoms with E-state index in [1.165, 1.54) is 5.56 Å². The van der Waals surface area contributed by atoms with Gasteiger partial charge in [-0.05, 0) is 69.2 Å². The van der Waals surface area contributed by atoms with Gasteiger partial charge in [0, 0.05) is 42.9 Å². The predicted molar refractivity (Wildman–Crippen MR) is 106 cm³/mol. The molecule has 4 heterocycles. The van der Waals surface area contributed by atoms with Crippen LogP contribution < -0.4 is 0 Å². The van der Waals surface area contributed by atoms with Crippen molar-refractivity contribution in [2.75, 3.05) is 26.7 Å². The minimum Gasteiger partial charge on any atom is -0.338 e. The molecule has 1 aliphatic rings. The van der Waals surface area contributed by atoms with Crippen molar-refractivity contribution in [3.05, 3.63) is 60.5 Å². The van der Waals surface area contributed by atoms with E-state index in [9.17, 15) is 0 Å². The van der Waals surface area contributed by atoms with Gasteiger partial charge < -0.3 is 9.42 Å². The summed E-state index contributed by atoms with van der Waals surface area (Å²) in [6.07, 6.45) is 10.6. The lowest BCUT2D eigenvalue weighted by Crippen LogP contribution is -2.43. The van der Waals surface area contributed by atoms with E-state index in [0.29, 0.717) is 24.3 Å². The molecule has 0 N–H and O–H groups in total. The summed E-state index contributed by atoms with van der Waals surface area (Å²) in [5.74, 6) is 1.25. The molecule has 0 aromatic carbocycles. The van der Waals surface area contributed by atoms with Crippen LogP contribution in [0.2, 0.25) is 0 Å². The second-order valence-corrected chi connectivity index (χ2v) is 7.35. The molecule has 7 nitrogen and oxygen atoms in total. The average molecular weight is 378 g/mol. The summed E-state index contributed by atoms with van der Waals surface area (Å²) in [6.45, 7) is 4.04. The standard InChI is InChI=1S/C21H26N6O/c1-26(16-20-24-21(25-28-20)18-3-2-9-23-15-18)19-7-13-27(14-8-19)12-6-17-4-10-22-11-5-17/h2-5,9-11,15,19H,6-8,12-14,16H2,1H3. The number of rotatable bonds is 7.